The van der Waals surface area contributed by atoms with Crippen LogP contribution in [0, 0.1) is 5.92 Å². The Hall–Kier alpha value is -1.36. The number of hydrogen-bond donors (Lipinski definition) is 2. The number of pyridine rings is 1. The summed E-state index contributed by atoms with van der Waals surface area (Å²) in [7, 11) is 0. The van der Waals surface area contributed by atoms with Crippen molar-refractivity contribution in [2.45, 2.75) is 26.3 Å². The van der Waals surface area contributed by atoms with Gasteiger partial charge in [-0.15, -0.1) is 24.8 Å². The maximum Gasteiger partial charge on any atom is 0.270 e. The van der Waals surface area contributed by atoms with Crippen LogP contribution in [0.3, 0.4) is 0 Å². The Kier molecular flexibility index (Phi) is 9.02. The molecule has 1 unspecified atom stereocenters. The zero-order valence-corrected chi connectivity index (χ0v) is 14.4. The fraction of sp³-hybridized carbons (Fsp3) is 0.375. The molecule has 4 nitrogen and oxygen atoms in total. The summed E-state index contributed by atoms with van der Waals surface area (Å²) >= 11 is 0. The van der Waals surface area contributed by atoms with Gasteiger partial charge in [0.1, 0.15) is 5.69 Å². The number of fused-ring (bicyclic) bond motifs is 1. The van der Waals surface area contributed by atoms with E-state index in [4.69, 9.17) is 5.73 Å². The molecule has 0 saturated heterocycles. The second kappa shape index (κ2) is 9.62. The van der Waals surface area contributed by atoms with Gasteiger partial charge in [0, 0.05) is 24.2 Å². The molecule has 1 amide bonds. The number of hydrogen-bond acceptors (Lipinski definition) is 3. The molecule has 22 heavy (non-hydrogen) atoms. The zero-order valence-electron chi connectivity index (χ0n) is 12.8. The molecule has 1 atom stereocenters. The molecule has 0 aliphatic heterocycles. The lowest BCUT2D eigenvalue weighted by atomic mass is 10.0. The van der Waals surface area contributed by atoms with Crippen LogP contribution in [-0.2, 0) is 0 Å². The van der Waals surface area contributed by atoms with E-state index < -0.39 is 0 Å². The highest BCUT2D eigenvalue weighted by Crippen LogP contribution is 2.16. The van der Waals surface area contributed by atoms with Crippen LogP contribution in [-0.4, -0.2) is 23.5 Å². The van der Waals surface area contributed by atoms with E-state index in [9.17, 15) is 4.79 Å². The highest BCUT2D eigenvalue weighted by molar-refractivity contribution is 6.05. The Bertz CT molecular complexity index is 599. The van der Waals surface area contributed by atoms with Crippen molar-refractivity contribution in [3.05, 3.63) is 42.2 Å². The summed E-state index contributed by atoms with van der Waals surface area (Å²) in [6.45, 7) is 4.67. The predicted molar refractivity (Wildman–Crippen MR) is 96.0 cm³/mol. The second-order valence-electron chi connectivity index (χ2n) is 5.42. The Morgan fingerprint density at radius 3 is 2.55 bits per heavy atom. The fourth-order valence-electron chi connectivity index (χ4n) is 2.34. The Labute approximate surface area is 143 Å². The number of rotatable bonds is 5. The first-order chi connectivity index (χ1) is 9.61. The number of nitrogens with one attached hydrogen (secondary N) is 1. The lowest BCUT2D eigenvalue weighted by Gasteiger charge is -2.18. The molecule has 3 N–H and O–H groups in total. The molecule has 0 spiro atoms. The highest BCUT2D eigenvalue weighted by Gasteiger charge is 2.16. The molecule has 122 valence electrons. The van der Waals surface area contributed by atoms with Gasteiger partial charge in [-0.1, -0.05) is 38.1 Å². The minimum absolute atomic E-state index is 0. The van der Waals surface area contributed by atoms with Crippen LogP contribution < -0.4 is 11.1 Å². The van der Waals surface area contributed by atoms with Crippen molar-refractivity contribution in [3.63, 3.8) is 0 Å². The van der Waals surface area contributed by atoms with Crippen LogP contribution in [0.4, 0.5) is 0 Å². The number of amides is 1. The monoisotopic (exact) mass is 343 g/mol. The van der Waals surface area contributed by atoms with Gasteiger partial charge in [0.25, 0.3) is 5.91 Å². The third-order valence-corrected chi connectivity index (χ3v) is 3.26. The first-order valence-corrected chi connectivity index (χ1v) is 6.96. The summed E-state index contributed by atoms with van der Waals surface area (Å²) in [6, 6.07) is 9.64. The van der Waals surface area contributed by atoms with Crippen LogP contribution >= 0.6 is 24.8 Å². The summed E-state index contributed by atoms with van der Waals surface area (Å²) < 4.78 is 0. The predicted octanol–water partition coefficient (Wildman–Crippen LogP) is 3.18. The highest BCUT2D eigenvalue weighted by atomic mass is 35.5. The summed E-state index contributed by atoms with van der Waals surface area (Å²) in [6.07, 6.45) is 2.53. The minimum Gasteiger partial charge on any atom is -0.347 e. The molecule has 0 fully saturated rings. The van der Waals surface area contributed by atoms with E-state index in [2.05, 4.69) is 24.1 Å². The van der Waals surface area contributed by atoms with Crippen molar-refractivity contribution < 1.29 is 4.79 Å². The van der Waals surface area contributed by atoms with E-state index in [-0.39, 0.29) is 36.8 Å². The quantitative estimate of drug-likeness (QED) is 0.875. The molecule has 0 aliphatic rings. The van der Waals surface area contributed by atoms with Gasteiger partial charge < -0.3 is 11.1 Å². The molecule has 0 aliphatic carbocycles. The minimum atomic E-state index is -0.155. The third kappa shape index (κ3) is 5.13. The smallest absolute Gasteiger partial charge is 0.270 e. The summed E-state index contributed by atoms with van der Waals surface area (Å²) in [5.74, 6) is 0.335. The number of nitrogens with two attached hydrogens (primary N) is 1. The lowest BCUT2D eigenvalue weighted by Crippen LogP contribution is -2.41. The summed E-state index contributed by atoms with van der Waals surface area (Å²) in [4.78, 5) is 16.6. The van der Waals surface area contributed by atoms with Gasteiger partial charge in [-0.05, 0) is 23.8 Å². The molecule has 0 saturated carbocycles. The number of aromatic nitrogens is 1. The van der Waals surface area contributed by atoms with E-state index in [0.717, 1.165) is 17.2 Å². The Morgan fingerprint density at radius 2 is 1.91 bits per heavy atom. The van der Waals surface area contributed by atoms with Gasteiger partial charge in [0.05, 0.1) is 0 Å². The summed E-state index contributed by atoms with van der Waals surface area (Å²) in [5.41, 5.74) is 6.19. The van der Waals surface area contributed by atoms with Gasteiger partial charge in [-0.2, -0.15) is 0 Å². The number of carbonyl (C=O) groups is 1. The van der Waals surface area contributed by atoms with Gasteiger partial charge >= 0.3 is 0 Å². The van der Waals surface area contributed by atoms with Crippen molar-refractivity contribution >= 4 is 41.5 Å². The fourth-order valence-corrected chi connectivity index (χ4v) is 2.34. The first-order valence-electron chi connectivity index (χ1n) is 6.96. The number of carbonyl (C=O) groups excluding carboxylic acids is 1. The van der Waals surface area contributed by atoms with Crippen LogP contribution in [0.1, 0.15) is 30.8 Å². The van der Waals surface area contributed by atoms with Gasteiger partial charge in [0.2, 0.25) is 0 Å². The molecule has 0 radical (unpaired) electrons. The van der Waals surface area contributed by atoms with Crippen LogP contribution in [0.25, 0.3) is 10.8 Å². The Balaban J connectivity index is 0.00000220. The van der Waals surface area contributed by atoms with Crippen LogP contribution in [0.5, 0.6) is 0 Å². The Morgan fingerprint density at radius 1 is 1.23 bits per heavy atom. The van der Waals surface area contributed by atoms with Crippen LogP contribution in [0.2, 0.25) is 0 Å². The topological polar surface area (TPSA) is 68.0 Å². The van der Waals surface area contributed by atoms with E-state index in [0.29, 0.717) is 18.2 Å². The molecule has 2 rings (SSSR count). The average Bonchev–Trinajstić information content (AvgIpc) is 2.45. The van der Waals surface area contributed by atoms with Gasteiger partial charge in [-0.3, -0.25) is 9.78 Å². The average molecular weight is 344 g/mol. The van der Waals surface area contributed by atoms with Crippen molar-refractivity contribution in [1.82, 2.24) is 10.3 Å². The molecular weight excluding hydrogens is 321 g/mol. The van der Waals surface area contributed by atoms with E-state index in [1.165, 1.54) is 0 Å². The van der Waals surface area contributed by atoms with Crippen molar-refractivity contribution in [2.24, 2.45) is 11.7 Å². The molecule has 2 aromatic rings. The normalized spacial score (nSPS) is 11.5. The largest absolute Gasteiger partial charge is 0.347 e. The second-order valence-corrected chi connectivity index (χ2v) is 5.42. The number of halogens is 2. The molecule has 1 aromatic carbocycles. The molecule has 1 heterocycles. The van der Waals surface area contributed by atoms with E-state index >= 15 is 0 Å². The number of nitrogens with zero attached hydrogens (tertiary/aromatic N) is 1. The molecular formula is C16H23Cl2N3O. The van der Waals surface area contributed by atoms with E-state index in [1.807, 2.05) is 30.3 Å². The summed E-state index contributed by atoms with van der Waals surface area (Å²) in [5, 5.41) is 4.86. The third-order valence-electron chi connectivity index (χ3n) is 3.26. The maximum absolute atomic E-state index is 12.4. The van der Waals surface area contributed by atoms with Crippen molar-refractivity contribution in [2.75, 3.05) is 6.54 Å². The maximum atomic E-state index is 12.4. The van der Waals surface area contributed by atoms with Crippen molar-refractivity contribution in [3.8, 4) is 0 Å². The van der Waals surface area contributed by atoms with Crippen molar-refractivity contribution in [1.29, 1.82) is 0 Å². The molecule has 0 bridgehead atoms. The van der Waals surface area contributed by atoms with Gasteiger partial charge in [0.15, 0.2) is 0 Å². The zero-order chi connectivity index (χ0) is 14.5. The standard InChI is InChI=1S/C16H21N3O.2ClH/c1-11(2)9-13(10-17)19-16(20)15-14-6-4-3-5-12(14)7-8-18-15;;/h3-8,11,13H,9-10,17H2,1-2H3,(H,19,20);2*1H. The van der Waals surface area contributed by atoms with Gasteiger partial charge in [-0.25, -0.2) is 0 Å². The SMILES string of the molecule is CC(C)CC(CN)NC(=O)c1nccc2ccccc12.Cl.Cl. The lowest BCUT2D eigenvalue weighted by molar-refractivity contribution is 0.0930. The molecule has 6 heteroatoms. The molecule has 1 aromatic heterocycles. The number of benzene rings is 1. The first kappa shape index (κ1) is 20.6. The van der Waals surface area contributed by atoms with Crippen LogP contribution in [0.15, 0.2) is 36.5 Å². The van der Waals surface area contributed by atoms with E-state index in [1.54, 1.807) is 6.20 Å².